The number of ether oxygens (including phenoxy) is 1. The van der Waals surface area contributed by atoms with Gasteiger partial charge in [0.05, 0.1) is 12.7 Å². The summed E-state index contributed by atoms with van der Waals surface area (Å²) in [7, 11) is 1.56. The molecule has 7 heteroatoms. The molecule has 3 rings (SSSR count). The Balaban J connectivity index is 1.86. The Morgan fingerprint density at radius 2 is 1.40 bits per heavy atom. The Bertz CT molecular complexity index is 1240. The first-order valence-corrected chi connectivity index (χ1v) is 11.0. The zero-order valence-corrected chi connectivity index (χ0v) is 20.1. The molecule has 2 amide bonds. The van der Waals surface area contributed by atoms with E-state index < -0.39 is 17.8 Å². The molecule has 0 aliphatic carbocycles. The smallest absolute Gasteiger partial charge is 0.335 e. The number of carbonyl (C=O) groups excluding carboxylic acids is 2. The van der Waals surface area contributed by atoms with Gasteiger partial charge in [0.15, 0.2) is 0 Å². The van der Waals surface area contributed by atoms with E-state index in [1.54, 1.807) is 49.6 Å². The molecule has 3 N–H and O–H groups in total. The lowest BCUT2D eigenvalue weighted by Crippen LogP contribution is -2.30. The fourth-order valence-electron chi connectivity index (χ4n) is 3.24. The van der Waals surface area contributed by atoms with Crippen molar-refractivity contribution in [3.05, 3.63) is 101 Å². The summed E-state index contributed by atoms with van der Waals surface area (Å²) in [6.07, 6.45) is 1.56. The molecule has 0 heterocycles. The van der Waals surface area contributed by atoms with Crippen LogP contribution in [0.3, 0.4) is 0 Å². The standard InChI is InChI=1S/C28H28N2O5/c1-28(2,3)21-11-7-19(8-12-21)25(31)30-24(17-18-5-15-23(35-4)16-6-18)26(32)29-22-13-9-20(10-14-22)27(33)34/h5-17H,1-4H3,(H,29,32)(H,30,31)(H,33,34). The molecule has 0 bridgehead atoms. The van der Waals surface area contributed by atoms with Crippen LogP contribution in [0.15, 0.2) is 78.5 Å². The van der Waals surface area contributed by atoms with E-state index in [1.165, 1.54) is 24.3 Å². The minimum Gasteiger partial charge on any atom is -0.497 e. The molecule has 0 saturated carbocycles. The van der Waals surface area contributed by atoms with Crippen molar-refractivity contribution in [2.75, 3.05) is 12.4 Å². The van der Waals surface area contributed by atoms with E-state index >= 15 is 0 Å². The third-order valence-electron chi connectivity index (χ3n) is 5.32. The number of aromatic carboxylic acids is 1. The molecule has 0 fully saturated rings. The highest BCUT2D eigenvalue weighted by Gasteiger charge is 2.17. The predicted octanol–water partition coefficient (Wildman–Crippen LogP) is 5.10. The van der Waals surface area contributed by atoms with Crippen molar-refractivity contribution in [2.24, 2.45) is 0 Å². The number of carboxylic acids is 1. The second-order valence-corrected chi connectivity index (χ2v) is 8.95. The Labute approximate surface area is 204 Å². The van der Waals surface area contributed by atoms with Crippen LogP contribution in [0.25, 0.3) is 6.08 Å². The van der Waals surface area contributed by atoms with Gasteiger partial charge in [0.25, 0.3) is 11.8 Å². The zero-order valence-electron chi connectivity index (χ0n) is 20.1. The lowest BCUT2D eigenvalue weighted by molar-refractivity contribution is -0.113. The molecule has 0 saturated heterocycles. The van der Waals surface area contributed by atoms with Crippen LogP contribution < -0.4 is 15.4 Å². The van der Waals surface area contributed by atoms with Gasteiger partial charge >= 0.3 is 5.97 Å². The number of benzene rings is 3. The maximum absolute atomic E-state index is 13.1. The molecule has 7 nitrogen and oxygen atoms in total. The summed E-state index contributed by atoms with van der Waals surface area (Å²) in [5.74, 6) is -1.38. The number of rotatable bonds is 7. The molecule has 3 aromatic rings. The molecule has 35 heavy (non-hydrogen) atoms. The summed E-state index contributed by atoms with van der Waals surface area (Å²) in [5.41, 5.74) is 2.66. The van der Waals surface area contributed by atoms with Crippen LogP contribution in [-0.4, -0.2) is 30.0 Å². The highest BCUT2D eigenvalue weighted by atomic mass is 16.5. The van der Waals surface area contributed by atoms with Gasteiger partial charge < -0.3 is 20.5 Å². The summed E-state index contributed by atoms with van der Waals surface area (Å²) >= 11 is 0. The summed E-state index contributed by atoms with van der Waals surface area (Å²) < 4.78 is 5.17. The van der Waals surface area contributed by atoms with E-state index in [1.807, 2.05) is 12.1 Å². The maximum atomic E-state index is 13.1. The van der Waals surface area contributed by atoms with Crippen molar-refractivity contribution in [1.29, 1.82) is 0 Å². The van der Waals surface area contributed by atoms with Crippen molar-refractivity contribution in [3.63, 3.8) is 0 Å². The van der Waals surface area contributed by atoms with Crippen LogP contribution in [0.5, 0.6) is 5.75 Å². The Hall–Kier alpha value is -4.39. The average Bonchev–Trinajstić information content (AvgIpc) is 2.84. The van der Waals surface area contributed by atoms with Crippen LogP contribution in [0, 0.1) is 0 Å². The van der Waals surface area contributed by atoms with Gasteiger partial charge in [0.1, 0.15) is 11.4 Å². The number of carboxylic acid groups (broad SMARTS) is 1. The first kappa shape index (κ1) is 25.2. The van der Waals surface area contributed by atoms with Crippen molar-refractivity contribution in [1.82, 2.24) is 5.32 Å². The Morgan fingerprint density at radius 1 is 0.829 bits per heavy atom. The Kier molecular flexibility index (Phi) is 7.71. The van der Waals surface area contributed by atoms with Crippen LogP contribution in [-0.2, 0) is 10.2 Å². The van der Waals surface area contributed by atoms with E-state index in [0.717, 1.165) is 5.56 Å². The fraction of sp³-hybridized carbons (Fsp3) is 0.179. The van der Waals surface area contributed by atoms with Gasteiger partial charge in [0.2, 0.25) is 0 Å². The van der Waals surface area contributed by atoms with Gasteiger partial charge in [0, 0.05) is 11.3 Å². The van der Waals surface area contributed by atoms with Crippen molar-refractivity contribution >= 4 is 29.5 Å². The van der Waals surface area contributed by atoms with Gasteiger partial charge in [-0.3, -0.25) is 9.59 Å². The summed E-state index contributed by atoms with van der Waals surface area (Å²) in [5, 5.41) is 14.5. The minimum atomic E-state index is -1.06. The molecule has 0 unspecified atom stereocenters. The Morgan fingerprint density at radius 3 is 1.91 bits per heavy atom. The first-order valence-electron chi connectivity index (χ1n) is 11.0. The second-order valence-electron chi connectivity index (χ2n) is 8.95. The van der Waals surface area contributed by atoms with Crippen molar-refractivity contribution in [2.45, 2.75) is 26.2 Å². The molecular formula is C28H28N2O5. The molecule has 0 aliphatic heterocycles. The molecule has 0 spiro atoms. The minimum absolute atomic E-state index is 0.0300. The number of hydrogen-bond donors (Lipinski definition) is 3. The van der Waals surface area contributed by atoms with Crippen LogP contribution in [0.4, 0.5) is 5.69 Å². The van der Waals surface area contributed by atoms with Crippen molar-refractivity contribution in [3.8, 4) is 5.75 Å². The number of amides is 2. The number of hydrogen-bond acceptors (Lipinski definition) is 4. The quantitative estimate of drug-likeness (QED) is 0.415. The molecule has 180 valence electrons. The van der Waals surface area contributed by atoms with Crippen LogP contribution in [0.2, 0.25) is 0 Å². The zero-order chi connectivity index (χ0) is 25.6. The topological polar surface area (TPSA) is 105 Å². The van der Waals surface area contributed by atoms with Crippen LogP contribution in [0.1, 0.15) is 52.6 Å². The normalized spacial score (nSPS) is 11.5. The predicted molar refractivity (Wildman–Crippen MR) is 136 cm³/mol. The van der Waals surface area contributed by atoms with E-state index in [-0.39, 0.29) is 16.7 Å². The summed E-state index contributed by atoms with van der Waals surface area (Å²) in [4.78, 5) is 37.1. The monoisotopic (exact) mass is 472 g/mol. The number of methoxy groups -OCH3 is 1. The second kappa shape index (κ2) is 10.7. The van der Waals surface area contributed by atoms with Gasteiger partial charge in [-0.1, -0.05) is 45.0 Å². The van der Waals surface area contributed by atoms with E-state index in [9.17, 15) is 14.4 Å². The SMILES string of the molecule is COc1ccc(C=C(NC(=O)c2ccc(C(C)(C)C)cc2)C(=O)Nc2ccc(C(=O)O)cc2)cc1. The lowest BCUT2D eigenvalue weighted by atomic mass is 9.87. The maximum Gasteiger partial charge on any atom is 0.335 e. The van der Waals surface area contributed by atoms with Gasteiger partial charge in [-0.25, -0.2) is 4.79 Å². The fourth-order valence-corrected chi connectivity index (χ4v) is 3.24. The molecule has 0 radical (unpaired) electrons. The first-order chi connectivity index (χ1) is 16.6. The molecule has 0 aliphatic rings. The molecule has 3 aromatic carbocycles. The van der Waals surface area contributed by atoms with Crippen molar-refractivity contribution < 1.29 is 24.2 Å². The van der Waals surface area contributed by atoms with Gasteiger partial charge in [-0.2, -0.15) is 0 Å². The average molecular weight is 473 g/mol. The lowest BCUT2D eigenvalue weighted by Gasteiger charge is -2.19. The number of nitrogens with one attached hydrogen (secondary N) is 2. The van der Waals surface area contributed by atoms with E-state index in [2.05, 4.69) is 31.4 Å². The van der Waals surface area contributed by atoms with Gasteiger partial charge in [-0.05, 0) is 71.1 Å². The van der Waals surface area contributed by atoms with Gasteiger partial charge in [-0.15, -0.1) is 0 Å². The highest BCUT2D eigenvalue weighted by molar-refractivity contribution is 6.10. The van der Waals surface area contributed by atoms with Crippen LogP contribution >= 0.6 is 0 Å². The third kappa shape index (κ3) is 6.80. The van der Waals surface area contributed by atoms with E-state index in [4.69, 9.17) is 9.84 Å². The van der Waals surface area contributed by atoms with E-state index in [0.29, 0.717) is 22.6 Å². The number of carbonyl (C=O) groups is 3. The highest BCUT2D eigenvalue weighted by Crippen LogP contribution is 2.22. The summed E-state index contributed by atoms with van der Waals surface area (Å²) in [6.45, 7) is 6.27. The number of anilines is 1. The molecule has 0 atom stereocenters. The molecule has 0 aromatic heterocycles. The third-order valence-corrected chi connectivity index (χ3v) is 5.32. The largest absolute Gasteiger partial charge is 0.497 e. The molecular weight excluding hydrogens is 444 g/mol. The summed E-state index contributed by atoms with van der Waals surface area (Å²) in [6, 6.07) is 20.0.